The predicted molar refractivity (Wildman–Crippen MR) is 85.7 cm³/mol. The van der Waals surface area contributed by atoms with Crippen LogP contribution in [-0.2, 0) is 21.6 Å². The number of carbonyl (C=O) groups is 1. The number of benzene rings is 2. The number of methoxy groups -OCH3 is 1. The molecule has 22 heavy (non-hydrogen) atoms. The SMILES string of the molecule is CC(CO)(C(=O)O)c1ccccc1.COCc1ccccc1. The van der Waals surface area contributed by atoms with Crippen molar-refractivity contribution in [3.8, 4) is 0 Å². The lowest BCUT2D eigenvalue weighted by Crippen LogP contribution is -2.36. The van der Waals surface area contributed by atoms with Gasteiger partial charge in [-0.05, 0) is 18.1 Å². The number of aliphatic hydroxyl groups excluding tert-OH is 1. The predicted octanol–water partition coefficient (Wildman–Crippen LogP) is 2.85. The van der Waals surface area contributed by atoms with Gasteiger partial charge in [-0.1, -0.05) is 60.7 Å². The Labute approximate surface area is 131 Å². The molecule has 0 saturated carbocycles. The second kappa shape index (κ2) is 8.97. The Bertz CT molecular complexity index is 554. The van der Waals surface area contributed by atoms with E-state index < -0.39 is 18.0 Å². The fraction of sp³-hybridized carbons (Fsp3) is 0.278. The largest absolute Gasteiger partial charge is 0.481 e. The molecule has 0 amide bonds. The molecule has 4 nitrogen and oxygen atoms in total. The van der Waals surface area contributed by atoms with Crippen LogP contribution in [0.15, 0.2) is 60.7 Å². The maximum absolute atomic E-state index is 10.9. The van der Waals surface area contributed by atoms with E-state index in [9.17, 15) is 4.79 Å². The minimum absolute atomic E-state index is 0.396. The third-order valence-electron chi connectivity index (χ3n) is 3.35. The van der Waals surface area contributed by atoms with Gasteiger partial charge in [0.05, 0.1) is 13.2 Å². The van der Waals surface area contributed by atoms with Crippen LogP contribution in [0.25, 0.3) is 0 Å². The molecule has 4 heteroatoms. The molecule has 0 aliphatic carbocycles. The number of carboxylic acids is 1. The van der Waals surface area contributed by atoms with Crippen molar-refractivity contribution in [1.29, 1.82) is 0 Å². The van der Waals surface area contributed by atoms with E-state index in [1.54, 1.807) is 31.4 Å². The van der Waals surface area contributed by atoms with Crippen LogP contribution in [0.5, 0.6) is 0 Å². The van der Waals surface area contributed by atoms with Gasteiger partial charge in [0.1, 0.15) is 5.41 Å². The molecular formula is C18H22O4. The topological polar surface area (TPSA) is 66.8 Å². The lowest BCUT2D eigenvalue weighted by Gasteiger charge is -2.22. The summed E-state index contributed by atoms with van der Waals surface area (Å²) >= 11 is 0. The monoisotopic (exact) mass is 302 g/mol. The second-order valence-electron chi connectivity index (χ2n) is 5.08. The van der Waals surface area contributed by atoms with E-state index in [0.717, 1.165) is 0 Å². The average Bonchev–Trinajstić information content (AvgIpc) is 2.56. The molecule has 2 aromatic rings. The van der Waals surface area contributed by atoms with Crippen LogP contribution in [0.4, 0.5) is 0 Å². The van der Waals surface area contributed by atoms with Crippen molar-refractivity contribution in [2.24, 2.45) is 0 Å². The first kappa shape index (κ1) is 17.9. The van der Waals surface area contributed by atoms with Gasteiger partial charge < -0.3 is 14.9 Å². The molecule has 0 saturated heterocycles. The standard InChI is InChI=1S/C10H12O3.C8H10O/c1-10(7-11,9(12)13)8-5-3-2-4-6-8;1-9-7-8-5-3-2-4-6-8/h2-6,11H,7H2,1H3,(H,12,13);2-6H,7H2,1H3. The van der Waals surface area contributed by atoms with Crippen LogP contribution < -0.4 is 0 Å². The van der Waals surface area contributed by atoms with E-state index in [2.05, 4.69) is 0 Å². The van der Waals surface area contributed by atoms with Gasteiger partial charge in [-0.15, -0.1) is 0 Å². The van der Waals surface area contributed by atoms with E-state index in [1.807, 2.05) is 36.4 Å². The highest BCUT2D eigenvalue weighted by Gasteiger charge is 2.34. The van der Waals surface area contributed by atoms with Crippen LogP contribution in [-0.4, -0.2) is 29.9 Å². The molecule has 0 heterocycles. The lowest BCUT2D eigenvalue weighted by molar-refractivity contribution is -0.144. The molecule has 1 atom stereocenters. The molecule has 0 bridgehead atoms. The number of rotatable bonds is 5. The van der Waals surface area contributed by atoms with Gasteiger partial charge in [0.15, 0.2) is 0 Å². The Balaban J connectivity index is 0.000000235. The summed E-state index contributed by atoms with van der Waals surface area (Å²) in [4.78, 5) is 10.9. The molecule has 2 N–H and O–H groups in total. The zero-order valence-corrected chi connectivity index (χ0v) is 12.9. The van der Waals surface area contributed by atoms with Crippen molar-refractivity contribution in [3.05, 3.63) is 71.8 Å². The van der Waals surface area contributed by atoms with Crippen molar-refractivity contribution in [2.45, 2.75) is 18.9 Å². The fourth-order valence-electron chi connectivity index (χ4n) is 1.83. The molecule has 2 aromatic carbocycles. The van der Waals surface area contributed by atoms with Gasteiger partial charge in [0.25, 0.3) is 0 Å². The van der Waals surface area contributed by atoms with Gasteiger partial charge in [-0.25, -0.2) is 0 Å². The number of ether oxygens (including phenoxy) is 1. The molecule has 2 rings (SSSR count). The van der Waals surface area contributed by atoms with Gasteiger partial charge in [0.2, 0.25) is 0 Å². The summed E-state index contributed by atoms with van der Waals surface area (Å²) in [7, 11) is 1.70. The summed E-state index contributed by atoms with van der Waals surface area (Å²) in [6.45, 7) is 1.82. The van der Waals surface area contributed by atoms with Gasteiger partial charge in [0, 0.05) is 7.11 Å². The van der Waals surface area contributed by atoms with Crippen molar-refractivity contribution < 1.29 is 19.7 Å². The lowest BCUT2D eigenvalue weighted by atomic mass is 9.83. The van der Waals surface area contributed by atoms with E-state index >= 15 is 0 Å². The maximum Gasteiger partial charge on any atom is 0.316 e. The first-order chi connectivity index (χ1) is 10.5. The van der Waals surface area contributed by atoms with Gasteiger partial charge in [-0.3, -0.25) is 4.79 Å². The van der Waals surface area contributed by atoms with Crippen molar-refractivity contribution in [2.75, 3.05) is 13.7 Å². The number of hydrogen-bond acceptors (Lipinski definition) is 3. The Morgan fingerprint density at radius 3 is 1.95 bits per heavy atom. The Morgan fingerprint density at radius 1 is 1.05 bits per heavy atom. The zero-order valence-electron chi connectivity index (χ0n) is 12.9. The Kier molecular flexibility index (Phi) is 7.29. The van der Waals surface area contributed by atoms with Crippen LogP contribution >= 0.6 is 0 Å². The summed E-state index contributed by atoms with van der Waals surface area (Å²) in [5.74, 6) is -1.01. The number of hydrogen-bond donors (Lipinski definition) is 2. The number of aliphatic hydroxyl groups is 1. The van der Waals surface area contributed by atoms with E-state index in [-0.39, 0.29) is 0 Å². The zero-order chi connectivity index (χ0) is 16.4. The summed E-state index contributed by atoms with van der Waals surface area (Å²) in [5, 5.41) is 18.0. The van der Waals surface area contributed by atoms with E-state index in [4.69, 9.17) is 14.9 Å². The Hall–Kier alpha value is -2.17. The molecule has 0 aromatic heterocycles. The minimum Gasteiger partial charge on any atom is -0.481 e. The molecule has 1 unspecified atom stereocenters. The molecular weight excluding hydrogens is 280 g/mol. The van der Waals surface area contributed by atoms with E-state index in [1.165, 1.54) is 12.5 Å². The highest BCUT2D eigenvalue weighted by atomic mass is 16.5. The van der Waals surface area contributed by atoms with Crippen LogP contribution in [0.1, 0.15) is 18.1 Å². The highest BCUT2D eigenvalue weighted by Crippen LogP contribution is 2.22. The molecule has 0 fully saturated rings. The molecule has 0 radical (unpaired) electrons. The third-order valence-corrected chi connectivity index (χ3v) is 3.35. The summed E-state index contributed by atoms with van der Waals surface area (Å²) < 4.78 is 4.93. The van der Waals surface area contributed by atoms with Crippen LogP contribution in [0.2, 0.25) is 0 Å². The summed E-state index contributed by atoms with van der Waals surface area (Å²) in [6, 6.07) is 18.8. The molecule has 118 valence electrons. The van der Waals surface area contributed by atoms with Gasteiger partial charge in [-0.2, -0.15) is 0 Å². The summed E-state index contributed by atoms with van der Waals surface area (Å²) in [5.41, 5.74) is 0.645. The smallest absolute Gasteiger partial charge is 0.316 e. The quantitative estimate of drug-likeness (QED) is 0.891. The highest BCUT2D eigenvalue weighted by molar-refractivity contribution is 5.80. The van der Waals surface area contributed by atoms with Crippen molar-refractivity contribution in [1.82, 2.24) is 0 Å². The second-order valence-corrected chi connectivity index (χ2v) is 5.08. The molecule has 0 aliphatic heterocycles. The summed E-state index contributed by atoms with van der Waals surface area (Å²) in [6.07, 6.45) is 0. The van der Waals surface area contributed by atoms with Crippen molar-refractivity contribution >= 4 is 5.97 Å². The minimum atomic E-state index is -1.19. The van der Waals surface area contributed by atoms with Gasteiger partial charge >= 0.3 is 5.97 Å². The normalized spacial score (nSPS) is 12.7. The Morgan fingerprint density at radius 2 is 1.55 bits per heavy atom. The van der Waals surface area contributed by atoms with Crippen LogP contribution in [0, 0.1) is 0 Å². The molecule has 0 spiro atoms. The number of carboxylic acid groups (broad SMARTS) is 1. The average molecular weight is 302 g/mol. The van der Waals surface area contributed by atoms with Crippen molar-refractivity contribution in [3.63, 3.8) is 0 Å². The maximum atomic E-state index is 10.9. The van der Waals surface area contributed by atoms with E-state index in [0.29, 0.717) is 12.2 Å². The first-order valence-electron chi connectivity index (χ1n) is 6.97. The van der Waals surface area contributed by atoms with Crippen LogP contribution in [0.3, 0.4) is 0 Å². The third kappa shape index (κ3) is 4.98. The fourth-order valence-corrected chi connectivity index (χ4v) is 1.83. The molecule has 0 aliphatic rings. The first-order valence-corrected chi connectivity index (χ1v) is 6.97. The number of aliphatic carboxylic acids is 1.